The first-order valence-corrected chi connectivity index (χ1v) is 8.12. The standard InChI is InChI=1S/C16H18N4O2S/c1-16(22,12-5-8-23-10-12)11-17-14(21)13-9-18-19(2)15(13)20-6-3-4-7-20/h3-10,22H,11H2,1-2H3,(H,17,21)/t16-/m1/s1. The van der Waals surface area contributed by atoms with Crippen molar-refractivity contribution in [2.24, 2.45) is 7.05 Å². The topological polar surface area (TPSA) is 72.1 Å². The van der Waals surface area contributed by atoms with Crippen LogP contribution in [0.15, 0.2) is 47.5 Å². The minimum atomic E-state index is -1.11. The first-order chi connectivity index (χ1) is 11.0. The molecule has 7 heteroatoms. The number of amides is 1. The molecule has 0 radical (unpaired) electrons. The number of nitrogens with one attached hydrogen (secondary N) is 1. The van der Waals surface area contributed by atoms with Gasteiger partial charge in [-0.2, -0.15) is 16.4 Å². The Kier molecular flexibility index (Phi) is 4.06. The highest BCUT2D eigenvalue weighted by Gasteiger charge is 2.25. The van der Waals surface area contributed by atoms with Crippen LogP contribution in [0.5, 0.6) is 0 Å². The lowest BCUT2D eigenvalue weighted by atomic mass is 9.99. The number of aromatic nitrogens is 3. The molecule has 120 valence electrons. The molecule has 3 aromatic rings. The molecular weight excluding hydrogens is 312 g/mol. The summed E-state index contributed by atoms with van der Waals surface area (Å²) in [6, 6.07) is 5.62. The van der Waals surface area contributed by atoms with Crippen molar-refractivity contribution >= 4 is 17.2 Å². The summed E-state index contributed by atoms with van der Waals surface area (Å²) in [5.41, 5.74) is 0.148. The Hall–Kier alpha value is -2.38. The van der Waals surface area contributed by atoms with E-state index in [1.54, 1.807) is 18.7 Å². The number of carbonyl (C=O) groups excluding carboxylic acids is 1. The summed E-state index contributed by atoms with van der Waals surface area (Å²) >= 11 is 1.51. The van der Waals surface area contributed by atoms with E-state index in [1.807, 2.05) is 45.9 Å². The summed E-state index contributed by atoms with van der Waals surface area (Å²) in [4.78, 5) is 12.5. The number of nitrogens with zero attached hydrogens (tertiary/aromatic N) is 3. The zero-order valence-corrected chi connectivity index (χ0v) is 13.7. The van der Waals surface area contributed by atoms with E-state index in [1.165, 1.54) is 17.5 Å². The third-order valence-electron chi connectivity index (χ3n) is 3.74. The molecule has 3 rings (SSSR count). The second-order valence-corrected chi connectivity index (χ2v) is 6.34. The van der Waals surface area contributed by atoms with Crippen molar-refractivity contribution in [1.29, 1.82) is 0 Å². The van der Waals surface area contributed by atoms with E-state index in [0.29, 0.717) is 11.4 Å². The fourth-order valence-electron chi connectivity index (χ4n) is 2.39. The Morgan fingerprint density at radius 2 is 2.17 bits per heavy atom. The normalized spacial score (nSPS) is 13.7. The molecule has 1 atom stereocenters. The molecule has 1 amide bonds. The van der Waals surface area contributed by atoms with Crippen LogP contribution < -0.4 is 5.32 Å². The molecular formula is C16H18N4O2S. The zero-order chi connectivity index (χ0) is 16.4. The fourth-order valence-corrected chi connectivity index (χ4v) is 3.18. The molecule has 0 fully saturated rings. The number of thiophene rings is 1. The van der Waals surface area contributed by atoms with E-state index in [9.17, 15) is 9.90 Å². The average Bonchev–Trinajstić information content (AvgIpc) is 3.25. The summed E-state index contributed by atoms with van der Waals surface area (Å²) < 4.78 is 3.48. The molecule has 0 bridgehead atoms. The Labute approximate surface area is 138 Å². The number of hydrogen-bond acceptors (Lipinski definition) is 4. The van der Waals surface area contributed by atoms with E-state index >= 15 is 0 Å². The molecule has 0 saturated carbocycles. The lowest BCUT2D eigenvalue weighted by Crippen LogP contribution is -2.38. The van der Waals surface area contributed by atoms with Crippen LogP contribution in [0.25, 0.3) is 5.82 Å². The van der Waals surface area contributed by atoms with Gasteiger partial charge in [0, 0.05) is 19.4 Å². The maximum Gasteiger partial charge on any atom is 0.256 e. The van der Waals surface area contributed by atoms with Crippen molar-refractivity contribution in [3.8, 4) is 5.82 Å². The van der Waals surface area contributed by atoms with Gasteiger partial charge in [-0.05, 0) is 41.4 Å². The number of hydrogen-bond donors (Lipinski definition) is 2. The van der Waals surface area contributed by atoms with Gasteiger partial charge in [0.25, 0.3) is 5.91 Å². The third-order valence-corrected chi connectivity index (χ3v) is 4.42. The summed E-state index contributed by atoms with van der Waals surface area (Å²) in [6.07, 6.45) is 5.24. The molecule has 0 spiro atoms. The second kappa shape index (κ2) is 6.02. The van der Waals surface area contributed by atoms with E-state index in [4.69, 9.17) is 0 Å². The molecule has 0 saturated heterocycles. The van der Waals surface area contributed by atoms with Crippen molar-refractivity contribution in [2.75, 3.05) is 6.54 Å². The summed E-state index contributed by atoms with van der Waals surface area (Å²) in [6.45, 7) is 1.81. The summed E-state index contributed by atoms with van der Waals surface area (Å²) in [5.74, 6) is 0.417. The SMILES string of the molecule is Cn1ncc(C(=O)NC[C@@](C)(O)c2ccsc2)c1-n1cccc1. The molecule has 2 N–H and O–H groups in total. The van der Waals surface area contributed by atoms with E-state index in [-0.39, 0.29) is 12.5 Å². The third kappa shape index (κ3) is 3.06. The highest BCUT2D eigenvalue weighted by atomic mass is 32.1. The van der Waals surface area contributed by atoms with Crippen LogP contribution in [0.3, 0.4) is 0 Å². The molecule has 0 aromatic carbocycles. The lowest BCUT2D eigenvalue weighted by molar-refractivity contribution is 0.0530. The molecule has 0 aliphatic rings. The van der Waals surface area contributed by atoms with Crippen LogP contribution in [0, 0.1) is 0 Å². The van der Waals surface area contributed by atoms with Crippen LogP contribution in [0.4, 0.5) is 0 Å². The van der Waals surface area contributed by atoms with Gasteiger partial charge in [0.15, 0.2) is 0 Å². The Morgan fingerprint density at radius 1 is 1.43 bits per heavy atom. The monoisotopic (exact) mass is 330 g/mol. The molecule has 0 aliphatic carbocycles. The molecule has 3 aromatic heterocycles. The quantitative estimate of drug-likeness (QED) is 0.751. The maximum atomic E-state index is 12.5. The Bertz CT molecular complexity index is 788. The van der Waals surface area contributed by atoms with Crippen LogP contribution in [0.1, 0.15) is 22.8 Å². The minimum Gasteiger partial charge on any atom is -0.384 e. The highest BCUT2D eigenvalue weighted by molar-refractivity contribution is 7.08. The van der Waals surface area contributed by atoms with Crippen LogP contribution >= 0.6 is 11.3 Å². The predicted octanol–water partition coefficient (Wildman–Crippen LogP) is 1.91. The first kappa shape index (κ1) is 15.5. The van der Waals surface area contributed by atoms with Crippen LogP contribution in [0.2, 0.25) is 0 Å². The van der Waals surface area contributed by atoms with Crippen LogP contribution in [-0.2, 0) is 12.6 Å². The van der Waals surface area contributed by atoms with E-state index < -0.39 is 5.60 Å². The van der Waals surface area contributed by atoms with Crippen molar-refractivity contribution in [3.05, 3.63) is 58.7 Å². The van der Waals surface area contributed by atoms with Gasteiger partial charge in [-0.3, -0.25) is 9.48 Å². The van der Waals surface area contributed by atoms with E-state index in [2.05, 4.69) is 10.4 Å². The van der Waals surface area contributed by atoms with Gasteiger partial charge in [0.05, 0.1) is 12.7 Å². The number of aryl methyl sites for hydroxylation is 1. The zero-order valence-electron chi connectivity index (χ0n) is 12.9. The van der Waals surface area contributed by atoms with Gasteiger partial charge < -0.3 is 15.0 Å². The maximum absolute atomic E-state index is 12.5. The Balaban J connectivity index is 1.77. The van der Waals surface area contributed by atoms with Gasteiger partial charge in [0.1, 0.15) is 17.0 Å². The van der Waals surface area contributed by atoms with Gasteiger partial charge in [-0.1, -0.05) is 0 Å². The molecule has 23 heavy (non-hydrogen) atoms. The summed E-state index contributed by atoms with van der Waals surface area (Å²) in [7, 11) is 1.79. The van der Waals surface area contributed by atoms with Gasteiger partial charge in [-0.15, -0.1) is 0 Å². The van der Waals surface area contributed by atoms with Crippen LogP contribution in [-0.4, -0.2) is 31.9 Å². The fraction of sp³-hybridized carbons (Fsp3) is 0.250. The van der Waals surface area contributed by atoms with Crippen molar-refractivity contribution in [3.63, 3.8) is 0 Å². The number of aliphatic hydroxyl groups is 1. The smallest absolute Gasteiger partial charge is 0.256 e. The van der Waals surface area contributed by atoms with Gasteiger partial charge >= 0.3 is 0 Å². The van der Waals surface area contributed by atoms with Crippen molar-refractivity contribution < 1.29 is 9.90 Å². The molecule has 0 unspecified atom stereocenters. The highest BCUT2D eigenvalue weighted by Crippen LogP contribution is 2.22. The first-order valence-electron chi connectivity index (χ1n) is 7.17. The van der Waals surface area contributed by atoms with E-state index in [0.717, 1.165) is 5.56 Å². The molecule has 3 heterocycles. The van der Waals surface area contributed by atoms with Gasteiger partial charge in [-0.25, -0.2) is 0 Å². The Morgan fingerprint density at radius 3 is 2.83 bits per heavy atom. The second-order valence-electron chi connectivity index (χ2n) is 5.56. The average molecular weight is 330 g/mol. The lowest BCUT2D eigenvalue weighted by Gasteiger charge is -2.22. The van der Waals surface area contributed by atoms with Crippen molar-refractivity contribution in [1.82, 2.24) is 19.7 Å². The molecule has 0 aliphatic heterocycles. The minimum absolute atomic E-state index is 0.128. The molecule has 6 nitrogen and oxygen atoms in total. The van der Waals surface area contributed by atoms with Crippen molar-refractivity contribution in [2.45, 2.75) is 12.5 Å². The number of rotatable bonds is 5. The summed E-state index contributed by atoms with van der Waals surface area (Å²) in [5, 5.41) is 21.2. The largest absolute Gasteiger partial charge is 0.384 e. The van der Waals surface area contributed by atoms with Gasteiger partial charge in [0.2, 0.25) is 0 Å². The number of carbonyl (C=O) groups is 1. The predicted molar refractivity (Wildman–Crippen MR) is 88.8 cm³/mol.